The van der Waals surface area contributed by atoms with Crippen molar-refractivity contribution in [3.8, 4) is 0 Å². The van der Waals surface area contributed by atoms with Crippen LogP contribution in [0.25, 0.3) is 0 Å². The van der Waals surface area contributed by atoms with Gasteiger partial charge in [0, 0.05) is 22.6 Å². The van der Waals surface area contributed by atoms with E-state index in [1.807, 2.05) is 45.0 Å². The van der Waals surface area contributed by atoms with Crippen LogP contribution >= 0.6 is 23.2 Å². The monoisotopic (exact) mass is 527 g/mol. The van der Waals surface area contributed by atoms with Crippen LogP contribution in [0, 0.1) is 6.92 Å². The van der Waals surface area contributed by atoms with Crippen LogP contribution < -0.4 is 9.62 Å². The molecular formula is C24H31Cl2N3O4S. The second-order valence-corrected chi connectivity index (χ2v) is 11.2. The molecular weight excluding hydrogens is 497 g/mol. The van der Waals surface area contributed by atoms with Gasteiger partial charge in [-0.05, 0) is 51.0 Å². The Morgan fingerprint density at radius 2 is 1.59 bits per heavy atom. The molecule has 2 aromatic rings. The van der Waals surface area contributed by atoms with Crippen molar-refractivity contribution in [2.24, 2.45) is 0 Å². The van der Waals surface area contributed by atoms with Gasteiger partial charge in [0.05, 0.1) is 11.9 Å². The number of rotatable bonds is 10. The number of amides is 2. The molecule has 0 saturated heterocycles. The lowest BCUT2D eigenvalue weighted by Crippen LogP contribution is -2.52. The van der Waals surface area contributed by atoms with Crippen molar-refractivity contribution in [2.45, 2.75) is 52.7 Å². The highest BCUT2D eigenvalue weighted by molar-refractivity contribution is 7.92. The van der Waals surface area contributed by atoms with Gasteiger partial charge in [0.1, 0.15) is 12.6 Å². The fraction of sp³-hybridized carbons (Fsp3) is 0.417. The number of halogens is 2. The quantitative estimate of drug-likeness (QED) is 0.495. The van der Waals surface area contributed by atoms with E-state index in [0.29, 0.717) is 0 Å². The molecule has 2 amide bonds. The molecule has 0 aliphatic carbocycles. The van der Waals surface area contributed by atoms with Gasteiger partial charge in [-0.2, -0.15) is 0 Å². The molecule has 1 N–H and O–H groups in total. The summed E-state index contributed by atoms with van der Waals surface area (Å²) in [6.07, 6.45) is 1.74. The summed E-state index contributed by atoms with van der Waals surface area (Å²) in [5.41, 5.74) is 2.05. The first-order valence-electron chi connectivity index (χ1n) is 10.9. The Morgan fingerprint density at radius 3 is 2.09 bits per heavy atom. The zero-order valence-corrected chi connectivity index (χ0v) is 22.3. The van der Waals surface area contributed by atoms with Crippen molar-refractivity contribution in [1.82, 2.24) is 10.2 Å². The van der Waals surface area contributed by atoms with Gasteiger partial charge >= 0.3 is 0 Å². The molecule has 186 valence electrons. The molecule has 0 aliphatic heterocycles. The Balaban J connectivity index is 2.41. The minimum Gasteiger partial charge on any atom is -0.352 e. The maximum Gasteiger partial charge on any atom is 0.244 e. The van der Waals surface area contributed by atoms with E-state index >= 15 is 0 Å². The van der Waals surface area contributed by atoms with E-state index < -0.39 is 28.5 Å². The Kier molecular flexibility index (Phi) is 9.79. The summed E-state index contributed by atoms with van der Waals surface area (Å²) in [5, 5.41) is 3.37. The van der Waals surface area contributed by atoms with E-state index in [4.69, 9.17) is 23.2 Å². The Labute approximate surface area is 212 Å². The molecule has 0 aromatic heterocycles. The molecule has 0 radical (unpaired) electrons. The average molecular weight is 529 g/mol. The molecule has 34 heavy (non-hydrogen) atoms. The van der Waals surface area contributed by atoms with Crippen LogP contribution in [0.15, 0.2) is 42.5 Å². The maximum atomic E-state index is 13.5. The minimum atomic E-state index is -3.86. The zero-order chi connectivity index (χ0) is 25.6. The SMILES string of the molecule is CCC(C)NC(=O)C(C)N(Cc1ccc(C)cc1)C(=O)CN(c1cc(Cl)cc(Cl)c1)S(C)(=O)=O. The van der Waals surface area contributed by atoms with Crippen molar-refractivity contribution in [1.29, 1.82) is 0 Å². The number of hydrogen-bond acceptors (Lipinski definition) is 4. The number of anilines is 1. The van der Waals surface area contributed by atoms with Gasteiger partial charge in [-0.1, -0.05) is 60.0 Å². The summed E-state index contributed by atoms with van der Waals surface area (Å²) in [6.45, 7) is 7.04. The summed E-state index contributed by atoms with van der Waals surface area (Å²) in [6, 6.07) is 11.0. The number of benzene rings is 2. The lowest BCUT2D eigenvalue weighted by Gasteiger charge is -2.32. The van der Waals surface area contributed by atoms with Gasteiger partial charge in [0.15, 0.2) is 0 Å². The van der Waals surface area contributed by atoms with Gasteiger partial charge < -0.3 is 10.2 Å². The van der Waals surface area contributed by atoms with E-state index in [9.17, 15) is 18.0 Å². The lowest BCUT2D eigenvalue weighted by atomic mass is 10.1. The molecule has 2 unspecified atom stereocenters. The van der Waals surface area contributed by atoms with Gasteiger partial charge in [-0.25, -0.2) is 8.42 Å². The molecule has 2 aromatic carbocycles. The van der Waals surface area contributed by atoms with Crippen molar-refractivity contribution in [2.75, 3.05) is 17.1 Å². The second-order valence-electron chi connectivity index (χ2n) is 8.40. The summed E-state index contributed by atoms with van der Waals surface area (Å²) >= 11 is 12.1. The fourth-order valence-corrected chi connectivity index (χ4v) is 4.58. The van der Waals surface area contributed by atoms with Crippen molar-refractivity contribution in [3.05, 3.63) is 63.6 Å². The first-order chi connectivity index (χ1) is 15.8. The van der Waals surface area contributed by atoms with Crippen molar-refractivity contribution in [3.63, 3.8) is 0 Å². The summed E-state index contributed by atoms with van der Waals surface area (Å²) < 4.78 is 26.1. The van der Waals surface area contributed by atoms with E-state index in [1.165, 1.54) is 23.1 Å². The van der Waals surface area contributed by atoms with E-state index in [2.05, 4.69) is 5.32 Å². The van der Waals surface area contributed by atoms with Crippen LogP contribution in [0.2, 0.25) is 10.0 Å². The molecule has 7 nitrogen and oxygen atoms in total. The predicted molar refractivity (Wildman–Crippen MR) is 138 cm³/mol. The minimum absolute atomic E-state index is 0.0626. The first kappa shape index (κ1) is 28.0. The number of sulfonamides is 1. The van der Waals surface area contributed by atoms with E-state index in [0.717, 1.165) is 28.1 Å². The Morgan fingerprint density at radius 1 is 1.03 bits per heavy atom. The standard InChI is InChI=1S/C24H31Cl2N3O4S/c1-6-17(3)27-24(31)18(4)28(14-19-9-7-16(2)8-10-19)23(30)15-29(34(5,32)33)22-12-20(25)11-21(26)13-22/h7-13,17-18H,6,14-15H2,1-5H3,(H,27,31). The highest BCUT2D eigenvalue weighted by atomic mass is 35.5. The number of carbonyl (C=O) groups excluding carboxylic acids is 2. The van der Waals surface area contributed by atoms with E-state index in [-0.39, 0.29) is 34.2 Å². The van der Waals surface area contributed by atoms with E-state index in [1.54, 1.807) is 6.92 Å². The molecule has 0 bridgehead atoms. The molecule has 2 atom stereocenters. The first-order valence-corrected chi connectivity index (χ1v) is 13.5. The number of hydrogen-bond donors (Lipinski definition) is 1. The summed E-state index contributed by atoms with van der Waals surface area (Å²) in [5.74, 6) is -0.847. The predicted octanol–water partition coefficient (Wildman–Crippen LogP) is 4.40. The third-order valence-electron chi connectivity index (χ3n) is 5.46. The largest absolute Gasteiger partial charge is 0.352 e. The van der Waals surface area contributed by atoms with Gasteiger partial charge in [-0.3, -0.25) is 13.9 Å². The van der Waals surface area contributed by atoms with Gasteiger partial charge in [0.25, 0.3) is 0 Å². The van der Waals surface area contributed by atoms with Crippen LogP contribution in [-0.4, -0.2) is 50.0 Å². The molecule has 0 fully saturated rings. The van der Waals surface area contributed by atoms with Crippen LogP contribution in [0.5, 0.6) is 0 Å². The zero-order valence-electron chi connectivity index (χ0n) is 20.0. The van der Waals surface area contributed by atoms with Crippen LogP contribution in [0.1, 0.15) is 38.3 Å². The highest BCUT2D eigenvalue weighted by Gasteiger charge is 2.30. The Hall–Kier alpha value is -2.29. The smallest absolute Gasteiger partial charge is 0.244 e. The molecule has 0 heterocycles. The van der Waals surface area contributed by atoms with Crippen LogP contribution in [0.3, 0.4) is 0 Å². The third kappa shape index (κ3) is 7.89. The third-order valence-corrected chi connectivity index (χ3v) is 7.03. The van der Waals surface area contributed by atoms with Crippen LogP contribution in [0.4, 0.5) is 5.69 Å². The van der Waals surface area contributed by atoms with Crippen molar-refractivity contribution < 1.29 is 18.0 Å². The van der Waals surface area contributed by atoms with Crippen molar-refractivity contribution >= 4 is 50.7 Å². The number of carbonyl (C=O) groups is 2. The fourth-order valence-electron chi connectivity index (χ4n) is 3.24. The molecule has 10 heteroatoms. The maximum absolute atomic E-state index is 13.5. The molecule has 2 rings (SSSR count). The molecule has 0 aliphatic rings. The number of nitrogens with one attached hydrogen (secondary N) is 1. The molecule has 0 spiro atoms. The topological polar surface area (TPSA) is 86.8 Å². The van der Waals surface area contributed by atoms with Crippen LogP contribution in [-0.2, 0) is 26.2 Å². The lowest BCUT2D eigenvalue weighted by molar-refractivity contribution is -0.139. The summed E-state index contributed by atoms with van der Waals surface area (Å²) in [7, 11) is -3.86. The number of aryl methyl sites for hydroxylation is 1. The number of nitrogens with zero attached hydrogens (tertiary/aromatic N) is 2. The molecule has 0 saturated carbocycles. The summed E-state index contributed by atoms with van der Waals surface area (Å²) in [4.78, 5) is 27.7. The normalized spacial score (nSPS) is 13.1. The van der Waals surface area contributed by atoms with Gasteiger partial charge in [-0.15, -0.1) is 0 Å². The average Bonchev–Trinajstić information content (AvgIpc) is 2.74. The Bertz CT molecular complexity index is 1100. The second kappa shape index (κ2) is 11.9. The van der Waals surface area contributed by atoms with Gasteiger partial charge in [0.2, 0.25) is 21.8 Å². The highest BCUT2D eigenvalue weighted by Crippen LogP contribution is 2.27.